The molecule has 1 aliphatic heterocycles. The summed E-state index contributed by atoms with van der Waals surface area (Å²) in [4.78, 5) is 31.5. The van der Waals surface area contributed by atoms with Crippen LogP contribution < -0.4 is 0 Å². The molecule has 1 aromatic rings. The lowest BCUT2D eigenvalue weighted by Gasteiger charge is -2.35. The third kappa shape index (κ3) is 4.18. The van der Waals surface area contributed by atoms with E-state index in [1.165, 1.54) is 0 Å². The zero-order valence-corrected chi connectivity index (χ0v) is 12.7. The lowest BCUT2D eigenvalue weighted by atomic mass is 10.2. The maximum atomic E-state index is 12.3. The summed E-state index contributed by atoms with van der Waals surface area (Å²) in [7, 11) is 0. The maximum Gasteiger partial charge on any atom is 0.410 e. The van der Waals surface area contributed by atoms with Crippen molar-refractivity contribution >= 4 is 12.0 Å². The largest absolute Gasteiger partial charge is 0.444 e. The number of ether oxygens (including phenoxy) is 1. The van der Waals surface area contributed by atoms with Crippen molar-refractivity contribution in [2.75, 3.05) is 26.2 Å². The summed E-state index contributed by atoms with van der Waals surface area (Å²) in [6, 6.07) is 3.49. The number of carbonyl (C=O) groups excluding carboxylic acids is 2. The van der Waals surface area contributed by atoms with Crippen molar-refractivity contribution < 1.29 is 14.3 Å². The molecule has 2 heterocycles. The molecule has 1 aromatic heterocycles. The van der Waals surface area contributed by atoms with E-state index in [2.05, 4.69) is 4.98 Å². The van der Waals surface area contributed by atoms with Crippen LogP contribution in [-0.4, -0.2) is 58.6 Å². The summed E-state index contributed by atoms with van der Waals surface area (Å²) in [5, 5.41) is 0. The highest BCUT2D eigenvalue weighted by molar-refractivity contribution is 5.94. The minimum Gasteiger partial charge on any atom is -0.444 e. The van der Waals surface area contributed by atoms with Crippen LogP contribution in [0.1, 0.15) is 31.1 Å². The lowest BCUT2D eigenvalue weighted by Crippen LogP contribution is -2.51. The fraction of sp³-hybridized carbons (Fsp3) is 0.533. The normalized spacial score (nSPS) is 15.8. The Kier molecular flexibility index (Phi) is 4.45. The first kappa shape index (κ1) is 15.3. The molecule has 2 amide bonds. The van der Waals surface area contributed by atoms with Crippen molar-refractivity contribution in [2.45, 2.75) is 26.4 Å². The summed E-state index contributed by atoms with van der Waals surface area (Å²) in [5.74, 6) is -0.0491. The van der Waals surface area contributed by atoms with Crippen molar-refractivity contribution in [1.82, 2.24) is 14.8 Å². The summed E-state index contributed by atoms with van der Waals surface area (Å²) in [5.41, 5.74) is 0.0722. The number of hydrogen-bond acceptors (Lipinski definition) is 4. The molecule has 2 rings (SSSR count). The van der Waals surface area contributed by atoms with Crippen molar-refractivity contribution in [3.05, 3.63) is 30.1 Å². The van der Waals surface area contributed by atoms with E-state index in [9.17, 15) is 9.59 Å². The predicted octanol–water partition coefficient (Wildman–Crippen LogP) is 1.77. The quantitative estimate of drug-likeness (QED) is 0.791. The highest BCUT2D eigenvalue weighted by atomic mass is 16.6. The molecule has 1 fully saturated rings. The number of hydrogen-bond donors (Lipinski definition) is 0. The van der Waals surface area contributed by atoms with Gasteiger partial charge in [0.05, 0.1) is 5.56 Å². The fourth-order valence-corrected chi connectivity index (χ4v) is 2.09. The molecule has 0 radical (unpaired) electrons. The standard InChI is InChI=1S/C15H21N3O3/c1-15(2,3)21-14(20)18-9-7-17(8-10-18)13(19)12-5-4-6-16-11-12/h4-6,11H,7-10H2,1-3H3. The molecule has 0 unspecified atom stereocenters. The van der Waals surface area contributed by atoms with Gasteiger partial charge in [0.1, 0.15) is 5.60 Å². The zero-order valence-electron chi connectivity index (χ0n) is 12.7. The number of amides is 2. The molecule has 0 spiro atoms. The molecule has 114 valence electrons. The Morgan fingerprint density at radius 1 is 1.14 bits per heavy atom. The van der Waals surface area contributed by atoms with Crippen LogP contribution in [0.25, 0.3) is 0 Å². The molecule has 1 aliphatic rings. The van der Waals surface area contributed by atoms with Gasteiger partial charge in [0, 0.05) is 38.6 Å². The van der Waals surface area contributed by atoms with E-state index >= 15 is 0 Å². The Bertz CT molecular complexity index is 503. The number of rotatable bonds is 1. The summed E-state index contributed by atoms with van der Waals surface area (Å²) >= 11 is 0. The van der Waals surface area contributed by atoms with Crippen LogP contribution in [0.15, 0.2) is 24.5 Å². The minimum atomic E-state index is -0.500. The molecule has 0 aromatic carbocycles. The molecule has 21 heavy (non-hydrogen) atoms. The van der Waals surface area contributed by atoms with E-state index in [1.807, 2.05) is 20.8 Å². The molecule has 0 atom stereocenters. The SMILES string of the molecule is CC(C)(C)OC(=O)N1CCN(C(=O)c2cccnc2)CC1. The molecule has 0 N–H and O–H groups in total. The van der Waals surface area contributed by atoms with Crippen LogP contribution in [0, 0.1) is 0 Å². The van der Waals surface area contributed by atoms with Crippen LogP contribution in [0.4, 0.5) is 4.79 Å². The number of aromatic nitrogens is 1. The van der Waals surface area contributed by atoms with E-state index in [4.69, 9.17) is 4.74 Å². The molecule has 6 nitrogen and oxygen atoms in total. The number of piperazine rings is 1. The van der Waals surface area contributed by atoms with Gasteiger partial charge in [-0.2, -0.15) is 0 Å². The van der Waals surface area contributed by atoms with E-state index in [0.717, 1.165) is 0 Å². The Balaban J connectivity index is 1.89. The van der Waals surface area contributed by atoms with E-state index in [1.54, 1.807) is 34.3 Å². The molecular weight excluding hydrogens is 270 g/mol. The second-order valence-electron chi connectivity index (χ2n) is 6.00. The molecule has 1 saturated heterocycles. The third-order valence-corrected chi connectivity index (χ3v) is 3.13. The minimum absolute atomic E-state index is 0.0491. The predicted molar refractivity (Wildman–Crippen MR) is 77.9 cm³/mol. The fourth-order valence-electron chi connectivity index (χ4n) is 2.09. The van der Waals surface area contributed by atoms with E-state index in [0.29, 0.717) is 31.7 Å². The molecule has 0 aliphatic carbocycles. The average molecular weight is 291 g/mol. The van der Waals surface area contributed by atoms with E-state index in [-0.39, 0.29) is 12.0 Å². The highest BCUT2D eigenvalue weighted by Gasteiger charge is 2.27. The lowest BCUT2D eigenvalue weighted by molar-refractivity contribution is 0.0141. The summed E-state index contributed by atoms with van der Waals surface area (Å²) in [6.07, 6.45) is 2.87. The van der Waals surface area contributed by atoms with Crippen LogP contribution in [0.2, 0.25) is 0 Å². The average Bonchev–Trinajstić information content (AvgIpc) is 2.46. The smallest absolute Gasteiger partial charge is 0.410 e. The van der Waals surface area contributed by atoms with Gasteiger partial charge in [0.15, 0.2) is 0 Å². The Hall–Kier alpha value is -2.11. The molecule has 6 heteroatoms. The van der Waals surface area contributed by atoms with Gasteiger partial charge < -0.3 is 14.5 Å². The van der Waals surface area contributed by atoms with Crippen molar-refractivity contribution in [3.63, 3.8) is 0 Å². The van der Waals surface area contributed by atoms with Crippen molar-refractivity contribution in [2.24, 2.45) is 0 Å². The highest BCUT2D eigenvalue weighted by Crippen LogP contribution is 2.13. The van der Waals surface area contributed by atoms with Crippen molar-refractivity contribution in [1.29, 1.82) is 0 Å². The second-order valence-corrected chi connectivity index (χ2v) is 6.00. The van der Waals surface area contributed by atoms with Gasteiger partial charge in [-0.15, -0.1) is 0 Å². The Labute approximate surface area is 124 Å². The van der Waals surface area contributed by atoms with Gasteiger partial charge >= 0.3 is 6.09 Å². The van der Waals surface area contributed by atoms with Gasteiger partial charge in [-0.3, -0.25) is 9.78 Å². The Morgan fingerprint density at radius 2 is 1.76 bits per heavy atom. The van der Waals surface area contributed by atoms with E-state index < -0.39 is 5.60 Å². The first-order valence-electron chi connectivity index (χ1n) is 7.04. The van der Waals surface area contributed by atoms with Crippen LogP contribution in [0.3, 0.4) is 0 Å². The van der Waals surface area contributed by atoms with Crippen molar-refractivity contribution in [3.8, 4) is 0 Å². The maximum absolute atomic E-state index is 12.3. The first-order valence-corrected chi connectivity index (χ1v) is 7.04. The third-order valence-electron chi connectivity index (χ3n) is 3.13. The second kappa shape index (κ2) is 6.11. The molecule has 0 bridgehead atoms. The zero-order chi connectivity index (χ0) is 15.5. The summed E-state index contributed by atoms with van der Waals surface area (Å²) in [6.45, 7) is 7.51. The van der Waals surface area contributed by atoms with Crippen LogP contribution >= 0.6 is 0 Å². The van der Waals surface area contributed by atoms with Gasteiger partial charge in [0.25, 0.3) is 5.91 Å². The van der Waals surface area contributed by atoms with Gasteiger partial charge in [-0.25, -0.2) is 4.79 Å². The molecule has 0 saturated carbocycles. The summed E-state index contributed by atoms with van der Waals surface area (Å²) < 4.78 is 5.33. The van der Waals surface area contributed by atoms with Crippen LogP contribution in [0.5, 0.6) is 0 Å². The first-order chi connectivity index (χ1) is 9.87. The Morgan fingerprint density at radius 3 is 2.29 bits per heavy atom. The van der Waals surface area contributed by atoms with Gasteiger partial charge in [0.2, 0.25) is 0 Å². The molecular formula is C15H21N3O3. The van der Waals surface area contributed by atoms with Crippen LogP contribution in [-0.2, 0) is 4.74 Å². The number of nitrogens with zero attached hydrogens (tertiary/aromatic N) is 3. The topological polar surface area (TPSA) is 62.7 Å². The number of pyridine rings is 1. The van der Waals surface area contributed by atoms with Gasteiger partial charge in [-0.1, -0.05) is 0 Å². The van der Waals surface area contributed by atoms with Gasteiger partial charge in [-0.05, 0) is 32.9 Å². The number of carbonyl (C=O) groups is 2. The monoisotopic (exact) mass is 291 g/mol.